The Labute approximate surface area is 104 Å². The summed E-state index contributed by atoms with van der Waals surface area (Å²) in [5, 5.41) is 0. The van der Waals surface area contributed by atoms with Gasteiger partial charge in [0.15, 0.2) is 0 Å². The summed E-state index contributed by atoms with van der Waals surface area (Å²) < 4.78 is 0. The van der Waals surface area contributed by atoms with Crippen molar-refractivity contribution >= 4 is 0 Å². The Morgan fingerprint density at radius 2 is 2.00 bits per heavy atom. The van der Waals surface area contributed by atoms with Gasteiger partial charge in [-0.2, -0.15) is 0 Å². The molecule has 0 spiro atoms. The van der Waals surface area contributed by atoms with E-state index in [0.717, 1.165) is 12.5 Å². The molecule has 1 aromatic rings. The summed E-state index contributed by atoms with van der Waals surface area (Å²) in [4.78, 5) is 2.52. The van der Waals surface area contributed by atoms with Crippen molar-refractivity contribution in [1.29, 1.82) is 0 Å². The first-order chi connectivity index (χ1) is 8.38. The zero-order valence-electron chi connectivity index (χ0n) is 10.2. The highest BCUT2D eigenvalue weighted by atomic mass is 15.2. The molecule has 0 bridgehead atoms. The molecule has 1 aliphatic heterocycles. The van der Waals surface area contributed by atoms with E-state index in [9.17, 15) is 0 Å². The second kappa shape index (κ2) is 4.55. The van der Waals surface area contributed by atoms with Crippen LogP contribution in [0.15, 0.2) is 24.3 Å². The maximum Gasteiger partial charge on any atom is 0.0601 e. The number of piperidine rings is 1. The van der Waals surface area contributed by atoms with E-state index in [-0.39, 0.29) is 0 Å². The van der Waals surface area contributed by atoms with Gasteiger partial charge >= 0.3 is 0 Å². The van der Waals surface area contributed by atoms with E-state index in [0.29, 0.717) is 6.04 Å². The highest BCUT2D eigenvalue weighted by molar-refractivity contribution is 5.31. The summed E-state index contributed by atoms with van der Waals surface area (Å²) in [6, 6.07) is 9.60. The Morgan fingerprint density at radius 3 is 2.76 bits per heavy atom. The number of hydrogen-bond acceptors (Lipinski definition) is 1. The van der Waals surface area contributed by atoms with Crippen molar-refractivity contribution in [2.24, 2.45) is 5.92 Å². The van der Waals surface area contributed by atoms with Crippen molar-refractivity contribution in [1.82, 2.24) is 4.90 Å². The summed E-state index contributed by atoms with van der Waals surface area (Å²) in [5.41, 5.74) is 3.11. The third-order valence-electron chi connectivity index (χ3n) is 4.36. The van der Waals surface area contributed by atoms with E-state index in [2.05, 4.69) is 35.1 Å². The van der Waals surface area contributed by atoms with Gasteiger partial charge in [0.25, 0.3) is 0 Å². The average Bonchev–Trinajstić information content (AvgIpc) is 2.37. The number of likely N-dealkylation sites (tertiary alicyclic amines) is 1. The normalized spacial score (nSPS) is 27.9. The summed E-state index contributed by atoms with van der Waals surface area (Å²) in [6.45, 7) is 2.01. The Hall–Kier alpha value is -1.26. The largest absolute Gasteiger partial charge is 0.289 e. The monoisotopic (exact) mass is 225 g/mol. The molecule has 0 radical (unpaired) electrons. The van der Waals surface area contributed by atoms with E-state index < -0.39 is 0 Å². The fraction of sp³-hybridized carbons (Fsp3) is 0.500. The Morgan fingerprint density at radius 1 is 1.24 bits per heavy atom. The Balaban J connectivity index is 1.87. The molecular weight excluding hydrogens is 206 g/mol. The van der Waals surface area contributed by atoms with Crippen molar-refractivity contribution in [2.45, 2.75) is 31.7 Å². The lowest BCUT2D eigenvalue weighted by atomic mass is 9.75. The standard InChI is InChI=1S/C16H19N/c1-2-9-17-10-5-8-15-11-13-6-3-4-7-14(13)12-16(15)17/h1,3-4,6-7,15-16H,5,8-12H2/t15-,16-/m0/s1. The quantitative estimate of drug-likeness (QED) is 0.664. The van der Waals surface area contributed by atoms with Crippen LogP contribution in [0.5, 0.6) is 0 Å². The van der Waals surface area contributed by atoms with Crippen LogP contribution in [0.1, 0.15) is 24.0 Å². The molecule has 0 amide bonds. The van der Waals surface area contributed by atoms with Crippen LogP contribution in [0.4, 0.5) is 0 Å². The molecule has 1 nitrogen and oxygen atoms in total. The predicted octanol–water partition coefficient (Wildman–Crippen LogP) is 2.50. The van der Waals surface area contributed by atoms with E-state index >= 15 is 0 Å². The molecule has 17 heavy (non-hydrogen) atoms. The number of fused-ring (bicyclic) bond motifs is 2. The second-order valence-corrected chi connectivity index (χ2v) is 5.32. The lowest BCUT2D eigenvalue weighted by Crippen LogP contribution is -2.49. The van der Waals surface area contributed by atoms with Crippen LogP contribution in [0.25, 0.3) is 0 Å². The van der Waals surface area contributed by atoms with Crippen LogP contribution in [0.2, 0.25) is 0 Å². The van der Waals surface area contributed by atoms with Crippen LogP contribution < -0.4 is 0 Å². The molecule has 2 aliphatic rings. The third kappa shape index (κ3) is 1.98. The van der Waals surface area contributed by atoms with Gasteiger partial charge in [-0.3, -0.25) is 4.90 Å². The highest BCUT2D eigenvalue weighted by Gasteiger charge is 2.34. The predicted molar refractivity (Wildman–Crippen MR) is 70.8 cm³/mol. The third-order valence-corrected chi connectivity index (χ3v) is 4.36. The summed E-state index contributed by atoms with van der Waals surface area (Å²) in [5.74, 6) is 3.65. The van der Waals surface area contributed by atoms with Crippen molar-refractivity contribution in [3.63, 3.8) is 0 Å². The molecule has 1 heteroatoms. The SMILES string of the molecule is C#CCN1CCC[C@H]2Cc3ccccc3C[C@@H]21. The van der Waals surface area contributed by atoms with Gasteiger partial charge in [-0.05, 0) is 49.3 Å². The minimum Gasteiger partial charge on any atom is -0.289 e. The van der Waals surface area contributed by atoms with Gasteiger partial charge in [0.05, 0.1) is 6.54 Å². The minimum atomic E-state index is 0.690. The number of hydrogen-bond donors (Lipinski definition) is 0. The van der Waals surface area contributed by atoms with E-state index in [1.54, 1.807) is 5.56 Å². The van der Waals surface area contributed by atoms with Crippen molar-refractivity contribution in [3.8, 4) is 12.3 Å². The number of benzene rings is 1. The van der Waals surface area contributed by atoms with Crippen molar-refractivity contribution < 1.29 is 0 Å². The zero-order chi connectivity index (χ0) is 11.7. The molecule has 0 saturated carbocycles. The van der Waals surface area contributed by atoms with Gasteiger partial charge in [-0.25, -0.2) is 0 Å². The van der Waals surface area contributed by atoms with Crippen LogP contribution in [0.3, 0.4) is 0 Å². The number of rotatable bonds is 1. The van der Waals surface area contributed by atoms with Gasteiger partial charge in [-0.1, -0.05) is 30.2 Å². The maximum absolute atomic E-state index is 5.48. The van der Waals surface area contributed by atoms with Crippen LogP contribution in [-0.4, -0.2) is 24.0 Å². The summed E-state index contributed by atoms with van der Waals surface area (Å²) in [7, 11) is 0. The molecular formula is C16H19N. The van der Waals surface area contributed by atoms with Gasteiger partial charge in [0, 0.05) is 6.04 Å². The molecule has 0 aromatic heterocycles. The van der Waals surface area contributed by atoms with Crippen LogP contribution in [-0.2, 0) is 12.8 Å². The van der Waals surface area contributed by atoms with Crippen LogP contribution >= 0.6 is 0 Å². The summed E-state index contributed by atoms with van der Waals surface area (Å²) >= 11 is 0. The molecule has 1 aliphatic carbocycles. The molecule has 88 valence electrons. The van der Waals surface area contributed by atoms with Gasteiger partial charge < -0.3 is 0 Å². The minimum absolute atomic E-state index is 0.690. The van der Waals surface area contributed by atoms with Crippen molar-refractivity contribution in [3.05, 3.63) is 35.4 Å². The molecule has 1 saturated heterocycles. The van der Waals surface area contributed by atoms with Crippen LogP contribution in [0, 0.1) is 18.3 Å². The van der Waals surface area contributed by atoms with E-state index in [1.807, 2.05) is 0 Å². The molecule has 0 N–H and O–H groups in total. The highest BCUT2D eigenvalue weighted by Crippen LogP contribution is 2.34. The maximum atomic E-state index is 5.48. The van der Waals surface area contributed by atoms with E-state index in [1.165, 1.54) is 37.8 Å². The Kier molecular flexibility index (Phi) is 2.91. The van der Waals surface area contributed by atoms with Crippen molar-refractivity contribution in [2.75, 3.05) is 13.1 Å². The fourth-order valence-electron chi connectivity index (χ4n) is 3.52. The smallest absolute Gasteiger partial charge is 0.0601 e. The molecule has 1 heterocycles. The first-order valence-electron chi connectivity index (χ1n) is 6.63. The lowest BCUT2D eigenvalue weighted by Gasteiger charge is -2.44. The van der Waals surface area contributed by atoms with E-state index in [4.69, 9.17) is 6.42 Å². The molecule has 1 aromatic carbocycles. The lowest BCUT2D eigenvalue weighted by molar-refractivity contribution is 0.0993. The zero-order valence-corrected chi connectivity index (χ0v) is 10.2. The molecule has 0 unspecified atom stereocenters. The summed E-state index contributed by atoms with van der Waals surface area (Å²) in [6.07, 6.45) is 10.6. The number of terminal acetylenes is 1. The molecule has 1 fully saturated rings. The molecule has 2 atom stereocenters. The average molecular weight is 225 g/mol. The topological polar surface area (TPSA) is 3.24 Å². The first-order valence-corrected chi connectivity index (χ1v) is 6.63. The molecule has 3 rings (SSSR count). The number of nitrogens with zero attached hydrogens (tertiary/aromatic N) is 1. The fourth-order valence-corrected chi connectivity index (χ4v) is 3.52. The van der Waals surface area contributed by atoms with Gasteiger partial charge in [-0.15, -0.1) is 6.42 Å². The Bertz CT molecular complexity index is 443. The second-order valence-electron chi connectivity index (χ2n) is 5.32. The first kappa shape index (κ1) is 10.9. The van der Waals surface area contributed by atoms with Gasteiger partial charge in [0.1, 0.15) is 0 Å². The van der Waals surface area contributed by atoms with Gasteiger partial charge in [0.2, 0.25) is 0 Å².